The molecule has 0 aromatic heterocycles. The van der Waals surface area contributed by atoms with E-state index in [9.17, 15) is 10.2 Å². The number of hydrogen-bond donors (Lipinski definition) is 6. The number of hydrazone groups is 2. The summed E-state index contributed by atoms with van der Waals surface area (Å²) < 4.78 is 0. The first-order chi connectivity index (χ1) is 8.40. The first kappa shape index (κ1) is 13.7. The molecule has 0 aliphatic rings. The average Bonchev–Trinajstić information content (AvgIpc) is 2.27. The number of rotatable bonds is 4. The molecule has 1 rings (SSSR count). The molecule has 0 amide bonds. The minimum absolute atomic E-state index is 0.0150. The molecule has 8 nitrogen and oxygen atoms in total. The van der Waals surface area contributed by atoms with Crippen molar-refractivity contribution in [2.45, 2.75) is 12.8 Å². The molecular formula is C10H16N6O2. The van der Waals surface area contributed by atoms with Gasteiger partial charge in [-0.25, -0.2) is 5.43 Å². The SMILES string of the molecule is CC(O)(O)Nc1cccc(C=NNC(N)=NN)c1. The Kier molecular flexibility index (Phi) is 4.46. The standard InChI is InChI=1S/C10H16N6O2/c1-10(17,18)14-8-4-2-3-7(5-8)6-13-16-9(11)15-12/h2-6,14,17-18H,12H2,1H3,(H3,11,15,16). The van der Waals surface area contributed by atoms with Gasteiger partial charge in [0.2, 0.25) is 11.9 Å². The second-order valence-corrected chi connectivity index (χ2v) is 3.66. The Morgan fingerprint density at radius 1 is 1.44 bits per heavy atom. The fourth-order valence-electron chi connectivity index (χ4n) is 1.17. The zero-order chi connectivity index (χ0) is 13.6. The van der Waals surface area contributed by atoms with E-state index in [0.29, 0.717) is 5.69 Å². The fourth-order valence-corrected chi connectivity index (χ4v) is 1.17. The van der Waals surface area contributed by atoms with E-state index in [1.165, 1.54) is 13.1 Å². The Balaban J connectivity index is 2.71. The molecule has 1 aromatic carbocycles. The maximum absolute atomic E-state index is 9.20. The number of aliphatic hydroxyl groups is 2. The highest BCUT2D eigenvalue weighted by atomic mass is 16.5. The van der Waals surface area contributed by atoms with Crippen molar-refractivity contribution in [1.29, 1.82) is 0 Å². The molecule has 1 aromatic rings. The van der Waals surface area contributed by atoms with Crippen LogP contribution in [0.2, 0.25) is 0 Å². The van der Waals surface area contributed by atoms with Crippen molar-refractivity contribution >= 4 is 17.9 Å². The van der Waals surface area contributed by atoms with E-state index in [-0.39, 0.29) is 5.96 Å². The zero-order valence-corrected chi connectivity index (χ0v) is 9.83. The van der Waals surface area contributed by atoms with Gasteiger partial charge in [0.1, 0.15) is 0 Å². The molecule has 0 bridgehead atoms. The van der Waals surface area contributed by atoms with E-state index in [1.54, 1.807) is 24.3 Å². The lowest BCUT2D eigenvalue weighted by molar-refractivity contribution is -0.118. The van der Waals surface area contributed by atoms with Crippen molar-refractivity contribution in [3.8, 4) is 0 Å². The predicted octanol–water partition coefficient (Wildman–Crippen LogP) is -1.13. The molecule has 8 N–H and O–H groups in total. The molecule has 0 saturated heterocycles. The topological polar surface area (TPSA) is 141 Å². The Bertz CT molecular complexity index is 452. The lowest BCUT2D eigenvalue weighted by Crippen LogP contribution is -2.33. The van der Waals surface area contributed by atoms with Gasteiger partial charge in [-0.05, 0) is 17.7 Å². The van der Waals surface area contributed by atoms with E-state index >= 15 is 0 Å². The van der Waals surface area contributed by atoms with Crippen LogP contribution in [0.15, 0.2) is 34.5 Å². The van der Waals surface area contributed by atoms with Crippen LogP contribution in [0.4, 0.5) is 5.69 Å². The van der Waals surface area contributed by atoms with Crippen molar-refractivity contribution in [2.24, 2.45) is 21.8 Å². The van der Waals surface area contributed by atoms with Crippen LogP contribution >= 0.6 is 0 Å². The second kappa shape index (κ2) is 5.84. The van der Waals surface area contributed by atoms with Gasteiger partial charge in [0, 0.05) is 12.6 Å². The summed E-state index contributed by atoms with van der Waals surface area (Å²) in [5.41, 5.74) is 8.93. The Hall–Kier alpha value is -2.32. The second-order valence-electron chi connectivity index (χ2n) is 3.66. The first-order valence-corrected chi connectivity index (χ1v) is 5.06. The average molecular weight is 252 g/mol. The third kappa shape index (κ3) is 5.14. The van der Waals surface area contributed by atoms with Crippen LogP contribution < -0.4 is 22.3 Å². The Morgan fingerprint density at radius 3 is 2.78 bits per heavy atom. The van der Waals surface area contributed by atoms with Crippen LogP contribution in [-0.4, -0.2) is 28.3 Å². The van der Waals surface area contributed by atoms with Crippen molar-refractivity contribution in [3.63, 3.8) is 0 Å². The molecule has 0 radical (unpaired) electrons. The number of nitrogens with two attached hydrogens (primary N) is 2. The molecular weight excluding hydrogens is 236 g/mol. The van der Waals surface area contributed by atoms with Crippen molar-refractivity contribution in [1.82, 2.24) is 5.43 Å². The lowest BCUT2D eigenvalue weighted by Gasteiger charge is -2.18. The fraction of sp³-hybridized carbons (Fsp3) is 0.200. The van der Waals surface area contributed by atoms with E-state index in [0.717, 1.165) is 5.56 Å². The Labute approximate surface area is 104 Å². The number of benzene rings is 1. The molecule has 98 valence electrons. The van der Waals surface area contributed by atoms with Gasteiger partial charge in [-0.1, -0.05) is 12.1 Å². The maximum atomic E-state index is 9.20. The van der Waals surface area contributed by atoms with Crippen molar-refractivity contribution in [3.05, 3.63) is 29.8 Å². The molecule has 0 fully saturated rings. The summed E-state index contributed by atoms with van der Waals surface area (Å²) in [7, 11) is 0. The van der Waals surface area contributed by atoms with E-state index in [4.69, 9.17) is 11.6 Å². The minimum atomic E-state index is -1.98. The van der Waals surface area contributed by atoms with Crippen LogP contribution in [-0.2, 0) is 0 Å². The molecule has 0 heterocycles. The molecule has 18 heavy (non-hydrogen) atoms. The molecule has 0 atom stereocenters. The summed E-state index contributed by atoms with van der Waals surface area (Å²) in [6.45, 7) is 1.22. The predicted molar refractivity (Wildman–Crippen MR) is 69.4 cm³/mol. The van der Waals surface area contributed by atoms with E-state index in [2.05, 4.69) is 20.9 Å². The monoisotopic (exact) mass is 252 g/mol. The summed E-state index contributed by atoms with van der Waals surface area (Å²) in [5, 5.41) is 27.8. The van der Waals surface area contributed by atoms with Gasteiger partial charge >= 0.3 is 0 Å². The molecule has 0 aliphatic carbocycles. The Morgan fingerprint density at radius 2 is 2.17 bits per heavy atom. The van der Waals surface area contributed by atoms with Gasteiger partial charge < -0.3 is 27.1 Å². The highest BCUT2D eigenvalue weighted by Crippen LogP contribution is 2.12. The summed E-state index contributed by atoms with van der Waals surface area (Å²) >= 11 is 0. The number of hydrogen-bond acceptors (Lipinski definition) is 6. The third-order valence-electron chi connectivity index (χ3n) is 1.80. The number of anilines is 1. The quantitative estimate of drug-likeness (QED) is 0.132. The highest BCUT2D eigenvalue weighted by Gasteiger charge is 2.13. The summed E-state index contributed by atoms with van der Waals surface area (Å²) in [4.78, 5) is 0. The van der Waals surface area contributed by atoms with Crippen LogP contribution in [0.1, 0.15) is 12.5 Å². The first-order valence-electron chi connectivity index (χ1n) is 5.06. The van der Waals surface area contributed by atoms with Gasteiger partial charge in [-0.3, -0.25) is 0 Å². The number of guanidine groups is 1. The third-order valence-corrected chi connectivity index (χ3v) is 1.80. The van der Waals surface area contributed by atoms with E-state index < -0.39 is 5.91 Å². The van der Waals surface area contributed by atoms with Crippen molar-refractivity contribution < 1.29 is 10.2 Å². The largest absolute Gasteiger partial charge is 0.367 e. The number of nitrogens with zero attached hydrogens (tertiary/aromatic N) is 2. The zero-order valence-electron chi connectivity index (χ0n) is 9.83. The maximum Gasteiger partial charge on any atom is 0.241 e. The van der Waals surface area contributed by atoms with Gasteiger partial charge in [-0.2, -0.15) is 5.10 Å². The summed E-state index contributed by atoms with van der Waals surface area (Å²) in [5.74, 6) is 2.91. The number of nitrogens with one attached hydrogen (secondary N) is 2. The highest BCUT2D eigenvalue weighted by molar-refractivity contribution is 5.83. The van der Waals surface area contributed by atoms with Crippen LogP contribution in [0.25, 0.3) is 0 Å². The molecule has 8 heteroatoms. The van der Waals surface area contributed by atoms with Crippen molar-refractivity contribution in [2.75, 3.05) is 5.32 Å². The smallest absolute Gasteiger partial charge is 0.241 e. The van der Waals surface area contributed by atoms with Gasteiger partial charge in [0.25, 0.3) is 0 Å². The summed E-state index contributed by atoms with van der Waals surface area (Å²) in [6, 6.07) is 6.87. The van der Waals surface area contributed by atoms with E-state index in [1.807, 2.05) is 0 Å². The molecule has 0 saturated carbocycles. The summed E-state index contributed by atoms with van der Waals surface area (Å²) in [6.07, 6.45) is 1.48. The van der Waals surface area contributed by atoms with Crippen LogP contribution in [0.5, 0.6) is 0 Å². The molecule has 0 spiro atoms. The lowest BCUT2D eigenvalue weighted by atomic mass is 10.2. The van der Waals surface area contributed by atoms with Gasteiger partial charge in [0.15, 0.2) is 0 Å². The molecule has 0 unspecified atom stereocenters. The minimum Gasteiger partial charge on any atom is -0.367 e. The molecule has 0 aliphatic heterocycles. The normalized spacial score (nSPS) is 12.7. The van der Waals surface area contributed by atoms with Gasteiger partial charge in [-0.15, -0.1) is 5.10 Å². The van der Waals surface area contributed by atoms with Gasteiger partial charge in [0.05, 0.1) is 6.21 Å². The van der Waals surface area contributed by atoms with Crippen LogP contribution in [0.3, 0.4) is 0 Å². The van der Waals surface area contributed by atoms with Crippen LogP contribution in [0, 0.1) is 0 Å².